The van der Waals surface area contributed by atoms with Crippen molar-refractivity contribution in [1.29, 1.82) is 0 Å². The van der Waals surface area contributed by atoms with E-state index in [0.717, 1.165) is 5.69 Å². The summed E-state index contributed by atoms with van der Waals surface area (Å²) in [5, 5.41) is 0. The van der Waals surface area contributed by atoms with Crippen molar-refractivity contribution in [3.05, 3.63) is 30.9 Å². The van der Waals surface area contributed by atoms with Crippen LogP contribution in [0.25, 0.3) is 0 Å². The molecule has 0 aliphatic rings. The molecule has 1 heterocycles. The summed E-state index contributed by atoms with van der Waals surface area (Å²) in [5.74, 6) is 0. The third-order valence-corrected chi connectivity index (χ3v) is 0.882. The molecule has 0 spiro atoms. The Bertz CT molecular complexity index is 119. The van der Waals surface area contributed by atoms with E-state index in [-0.39, 0.29) is 0 Å². The second kappa shape index (κ2) is 1.82. The maximum Gasteiger partial charge on any atom is 0.0150 e. The van der Waals surface area contributed by atoms with Crippen LogP contribution in [-0.2, 0) is 6.42 Å². The van der Waals surface area contributed by atoms with Crippen molar-refractivity contribution in [3.8, 4) is 0 Å². The Morgan fingerprint density at radius 3 is 2.86 bits per heavy atom. The van der Waals surface area contributed by atoms with E-state index >= 15 is 0 Å². The van der Waals surface area contributed by atoms with Gasteiger partial charge in [-0.05, 0) is 25.5 Å². The van der Waals surface area contributed by atoms with Crippen LogP contribution in [0.15, 0.2) is 18.3 Å². The first-order valence-corrected chi connectivity index (χ1v) is 2.26. The summed E-state index contributed by atoms with van der Waals surface area (Å²) in [6.07, 6.45) is 2.47. The molecular formula is C6H7N. The summed E-state index contributed by atoms with van der Waals surface area (Å²) in [5.41, 5.74) is 1.08. The van der Waals surface area contributed by atoms with Crippen LogP contribution in [0.5, 0.6) is 0 Å². The zero-order valence-corrected chi connectivity index (χ0v) is 4.02. The van der Waals surface area contributed by atoms with Gasteiger partial charge in [-0.3, -0.25) is 0 Å². The molecule has 0 unspecified atom stereocenters. The van der Waals surface area contributed by atoms with Crippen LogP contribution >= 0.6 is 0 Å². The van der Waals surface area contributed by atoms with Crippen molar-refractivity contribution in [2.45, 2.75) is 6.42 Å². The predicted octanol–water partition coefficient (Wildman–Crippen LogP) is 1.27. The first-order chi connectivity index (χ1) is 3.43. The maximum absolute atomic E-state index is 5.26. The van der Waals surface area contributed by atoms with Gasteiger partial charge in [-0.25, -0.2) is 0 Å². The van der Waals surface area contributed by atoms with Crippen molar-refractivity contribution >= 4 is 0 Å². The van der Waals surface area contributed by atoms with Gasteiger partial charge in [0.15, 0.2) is 0 Å². The van der Waals surface area contributed by atoms with E-state index in [9.17, 15) is 0 Å². The summed E-state index contributed by atoms with van der Waals surface area (Å²) in [7, 11) is 0. The Morgan fingerprint density at radius 2 is 2.57 bits per heavy atom. The number of nitrogens with one attached hydrogen (secondary N) is 1. The number of H-pyrrole nitrogens is 1. The zero-order chi connectivity index (χ0) is 5.11. The van der Waals surface area contributed by atoms with E-state index in [2.05, 4.69) is 4.98 Å². The standard InChI is InChI=1S/C6H7N/c1-2-6-4-3-5-7-6/h1,3-5,7H,2H2. The first kappa shape index (κ1) is 4.44. The molecule has 0 bridgehead atoms. The highest BCUT2D eigenvalue weighted by Crippen LogP contribution is 1.91. The molecule has 2 radical (unpaired) electrons. The van der Waals surface area contributed by atoms with Crippen LogP contribution in [0.3, 0.4) is 0 Å². The van der Waals surface area contributed by atoms with Gasteiger partial charge in [0.1, 0.15) is 0 Å². The molecule has 0 saturated heterocycles. The number of rotatable bonds is 1. The first-order valence-electron chi connectivity index (χ1n) is 2.26. The second-order valence-corrected chi connectivity index (χ2v) is 1.40. The molecule has 1 aromatic rings. The fraction of sp³-hybridized carbons (Fsp3) is 0.167. The van der Waals surface area contributed by atoms with Crippen LogP contribution in [0.1, 0.15) is 5.69 Å². The fourth-order valence-corrected chi connectivity index (χ4v) is 0.494. The van der Waals surface area contributed by atoms with Crippen molar-refractivity contribution < 1.29 is 0 Å². The summed E-state index contributed by atoms with van der Waals surface area (Å²) in [6.45, 7) is 5.26. The van der Waals surface area contributed by atoms with E-state index in [0.29, 0.717) is 6.42 Å². The lowest BCUT2D eigenvalue weighted by Crippen LogP contribution is -1.73. The van der Waals surface area contributed by atoms with Crippen LogP contribution in [0, 0.1) is 6.92 Å². The average molecular weight is 93.1 g/mol. The number of aromatic amines is 1. The monoisotopic (exact) mass is 93.1 g/mol. The highest BCUT2D eigenvalue weighted by Gasteiger charge is 1.81. The predicted molar refractivity (Wildman–Crippen MR) is 28.8 cm³/mol. The highest BCUT2D eigenvalue weighted by molar-refractivity contribution is 5.03. The van der Waals surface area contributed by atoms with E-state index in [1.165, 1.54) is 0 Å². The molecule has 1 N–H and O–H groups in total. The van der Waals surface area contributed by atoms with Gasteiger partial charge >= 0.3 is 0 Å². The molecule has 1 nitrogen and oxygen atoms in total. The van der Waals surface area contributed by atoms with Gasteiger partial charge in [0.2, 0.25) is 0 Å². The van der Waals surface area contributed by atoms with Crippen LogP contribution in [0.4, 0.5) is 0 Å². The lowest BCUT2D eigenvalue weighted by molar-refractivity contribution is 1.15. The third kappa shape index (κ3) is 0.829. The van der Waals surface area contributed by atoms with Crippen molar-refractivity contribution in [1.82, 2.24) is 4.98 Å². The molecule has 1 heteroatoms. The number of hydrogen-bond donors (Lipinski definition) is 1. The van der Waals surface area contributed by atoms with Crippen LogP contribution in [0.2, 0.25) is 0 Å². The van der Waals surface area contributed by atoms with E-state index in [1.54, 1.807) is 0 Å². The van der Waals surface area contributed by atoms with Crippen LogP contribution < -0.4 is 0 Å². The minimum atomic E-state index is 0.604. The van der Waals surface area contributed by atoms with Crippen molar-refractivity contribution in [2.75, 3.05) is 0 Å². The largest absolute Gasteiger partial charge is 0.365 e. The highest BCUT2D eigenvalue weighted by atomic mass is 14.7. The normalized spacial score (nSPS) is 9.29. The Hall–Kier alpha value is -0.720. The molecule has 0 amide bonds. The lowest BCUT2D eigenvalue weighted by Gasteiger charge is -1.80. The summed E-state index contributed by atoms with van der Waals surface area (Å²) < 4.78 is 0. The molecule has 1 rings (SSSR count). The molecule has 0 aliphatic carbocycles. The van der Waals surface area contributed by atoms with Gasteiger partial charge in [0.05, 0.1) is 0 Å². The van der Waals surface area contributed by atoms with Gasteiger partial charge < -0.3 is 4.98 Å². The molecular weight excluding hydrogens is 86.1 g/mol. The van der Waals surface area contributed by atoms with E-state index in [4.69, 9.17) is 6.92 Å². The van der Waals surface area contributed by atoms with Gasteiger partial charge in [0.25, 0.3) is 0 Å². The maximum atomic E-state index is 5.26. The minimum absolute atomic E-state index is 0.604. The van der Waals surface area contributed by atoms with Gasteiger partial charge in [0, 0.05) is 11.9 Å². The third-order valence-electron chi connectivity index (χ3n) is 0.882. The number of aromatic nitrogens is 1. The molecule has 0 aliphatic heterocycles. The minimum Gasteiger partial charge on any atom is -0.365 e. The average Bonchev–Trinajstić information content (AvgIpc) is 2.14. The molecule has 0 saturated carbocycles. The Labute approximate surface area is 43.4 Å². The SMILES string of the molecule is [CH]Cc1ccc[nH]1. The molecule has 36 valence electrons. The Kier molecular flexibility index (Phi) is 1.16. The molecule has 7 heavy (non-hydrogen) atoms. The summed E-state index contributed by atoms with van der Waals surface area (Å²) in [6, 6.07) is 3.89. The Balaban J connectivity index is 2.76. The lowest BCUT2D eigenvalue weighted by atomic mass is 10.4. The van der Waals surface area contributed by atoms with E-state index in [1.807, 2.05) is 18.3 Å². The Morgan fingerprint density at radius 1 is 1.71 bits per heavy atom. The second-order valence-electron chi connectivity index (χ2n) is 1.40. The van der Waals surface area contributed by atoms with Gasteiger partial charge in [-0.1, -0.05) is 0 Å². The summed E-state index contributed by atoms with van der Waals surface area (Å²) in [4.78, 5) is 2.96. The summed E-state index contributed by atoms with van der Waals surface area (Å²) >= 11 is 0. The van der Waals surface area contributed by atoms with Crippen molar-refractivity contribution in [2.24, 2.45) is 0 Å². The van der Waals surface area contributed by atoms with Crippen LogP contribution in [-0.4, -0.2) is 4.98 Å². The molecule has 1 aromatic heterocycles. The quantitative estimate of drug-likeness (QED) is 0.538. The number of hydrogen-bond acceptors (Lipinski definition) is 0. The van der Waals surface area contributed by atoms with Gasteiger partial charge in [-0.2, -0.15) is 0 Å². The fourth-order valence-electron chi connectivity index (χ4n) is 0.494. The van der Waals surface area contributed by atoms with Crippen molar-refractivity contribution in [3.63, 3.8) is 0 Å². The zero-order valence-electron chi connectivity index (χ0n) is 4.02. The molecule has 0 atom stereocenters. The van der Waals surface area contributed by atoms with E-state index < -0.39 is 0 Å². The van der Waals surface area contributed by atoms with Gasteiger partial charge in [-0.15, -0.1) is 0 Å². The topological polar surface area (TPSA) is 15.8 Å². The molecule has 0 aromatic carbocycles. The molecule has 0 fully saturated rings. The smallest absolute Gasteiger partial charge is 0.0150 e.